The van der Waals surface area contributed by atoms with E-state index in [0.29, 0.717) is 19.6 Å². The van der Waals surface area contributed by atoms with Crippen LogP contribution < -0.4 is 5.73 Å². The Morgan fingerprint density at radius 3 is 2.57 bits per heavy atom. The van der Waals surface area contributed by atoms with Gasteiger partial charge in [-0.3, -0.25) is 4.79 Å². The van der Waals surface area contributed by atoms with Gasteiger partial charge in [0, 0.05) is 19.7 Å². The van der Waals surface area contributed by atoms with Gasteiger partial charge in [0.1, 0.15) is 5.75 Å². The number of phenols is 1. The first-order valence-electron chi connectivity index (χ1n) is 7.56. The van der Waals surface area contributed by atoms with E-state index < -0.39 is 0 Å². The quantitative estimate of drug-likeness (QED) is 0.775. The van der Waals surface area contributed by atoms with E-state index in [4.69, 9.17) is 10.5 Å². The third-order valence-corrected chi connectivity index (χ3v) is 3.79. The van der Waals surface area contributed by atoms with Crippen molar-refractivity contribution >= 4 is 5.91 Å². The number of nitrogens with zero attached hydrogens (tertiary/aromatic N) is 1. The van der Waals surface area contributed by atoms with Gasteiger partial charge in [0.2, 0.25) is 5.91 Å². The van der Waals surface area contributed by atoms with Crippen molar-refractivity contribution in [2.75, 3.05) is 26.2 Å². The molecular weight excluding hydrogens is 268 g/mol. The highest BCUT2D eigenvalue weighted by atomic mass is 16.5. The van der Waals surface area contributed by atoms with Gasteiger partial charge in [0.05, 0.1) is 12.5 Å². The van der Waals surface area contributed by atoms with Gasteiger partial charge < -0.3 is 20.5 Å². The van der Waals surface area contributed by atoms with Gasteiger partial charge in [-0.15, -0.1) is 0 Å². The van der Waals surface area contributed by atoms with Crippen LogP contribution in [0.3, 0.4) is 0 Å². The van der Waals surface area contributed by atoms with Crippen LogP contribution in [0.2, 0.25) is 0 Å². The molecule has 1 fully saturated rings. The number of ether oxygens (including phenoxy) is 1. The molecule has 0 bridgehead atoms. The number of phenolic OH excluding ortho intramolecular Hbond substituents is 1. The summed E-state index contributed by atoms with van der Waals surface area (Å²) in [4.78, 5) is 14.1. The van der Waals surface area contributed by atoms with Gasteiger partial charge in [0.15, 0.2) is 0 Å². The number of benzene rings is 1. The van der Waals surface area contributed by atoms with Crippen molar-refractivity contribution in [3.8, 4) is 5.75 Å². The van der Waals surface area contributed by atoms with Crippen LogP contribution >= 0.6 is 0 Å². The van der Waals surface area contributed by atoms with E-state index in [1.165, 1.54) is 0 Å². The molecule has 0 radical (unpaired) electrons. The third kappa shape index (κ3) is 5.02. The highest BCUT2D eigenvalue weighted by Crippen LogP contribution is 2.16. The standard InChI is InChI=1S/C16H24N2O3/c17-8-1-11-21-15-6-9-18(10-7-15)16(20)12-13-2-4-14(19)5-3-13/h2-5,15,19H,1,6-12,17H2. The number of nitrogens with two attached hydrogens (primary N) is 1. The molecule has 21 heavy (non-hydrogen) atoms. The minimum absolute atomic E-state index is 0.140. The van der Waals surface area contributed by atoms with E-state index in [1.54, 1.807) is 24.3 Å². The molecular formula is C16H24N2O3. The minimum Gasteiger partial charge on any atom is -0.508 e. The van der Waals surface area contributed by atoms with Crippen LogP contribution in [0.15, 0.2) is 24.3 Å². The molecule has 0 spiro atoms. The van der Waals surface area contributed by atoms with E-state index in [1.807, 2.05) is 4.90 Å². The molecule has 0 aromatic heterocycles. The van der Waals surface area contributed by atoms with Crippen molar-refractivity contribution in [1.82, 2.24) is 4.90 Å². The number of amides is 1. The Balaban J connectivity index is 1.74. The maximum absolute atomic E-state index is 12.2. The van der Waals surface area contributed by atoms with Crippen LogP contribution in [0.25, 0.3) is 0 Å². The van der Waals surface area contributed by atoms with Crippen molar-refractivity contribution in [3.63, 3.8) is 0 Å². The van der Waals surface area contributed by atoms with Gasteiger partial charge in [-0.25, -0.2) is 0 Å². The second-order valence-electron chi connectivity index (χ2n) is 5.44. The van der Waals surface area contributed by atoms with Crippen molar-refractivity contribution in [1.29, 1.82) is 0 Å². The van der Waals surface area contributed by atoms with E-state index in [9.17, 15) is 9.90 Å². The Morgan fingerprint density at radius 1 is 1.29 bits per heavy atom. The molecule has 1 saturated heterocycles. The zero-order valence-electron chi connectivity index (χ0n) is 12.3. The van der Waals surface area contributed by atoms with Crippen molar-refractivity contribution in [2.45, 2.75) is 31.8 Å². The molecule has 1 amide bonds. The van der Waals surface area contributed by atoms with Gasteiger partial charge in [-0.1, -0.05) is 12.1 Å². The molecule has 3 N–H and O–H groups in total. The van der Waals surface area contributed by atoms with E-state index >= 15 is 0 Å². The number of hydrogen-bond acceptors (Lipinski definition) is 4. The van der Waals surface area contributed by atoms with Crippen LogP contribution in [-0.4, -0.2) is 48.3 Å². The van der Waals surface area contributed by atoms with E-state index in [-0.39, 0.29) is 17.8 Å². The molecule has 1 aromatic rings. The minimum atomic E-state index is 0.140. The fourth-order valence-corrected chi connectivity index (χ4v) is 2.51. The number of likely N-dealkylation sites (tertiary alicyclic amines) is 1. The fourth-order valence-electron chi connectivity index (χ4n) is 2.51. The summed E-state index contributed by atoms with van der Waals surface area (Å²) in [6, 6.07) is 6.80. The second-order valence-corrected chi connectivity index (χ2v) is 5.44. The predicted octanol–water partition coefficient (Wildman–Crippen LogP) is 1.29. The molecule has 0 aliphatic carbocycles. The summed E-state index contributed by atoms with van der Waals surface area (Å²) >= 11 is 0. The van der Waals surface area contributed by atoms with Crippen LogP contribution in [-0.2, 0) is 16.0 Å². The smallest absolute Gasteiger partial charge is 0.226 e. The lowest BCUT2D eigenvalue weighted by molar-refractivity contribution is -0.133. The Bertz CT molecular complexity index is 439. The molecule has 116 valence electrons. The first-order chi connectivity index (χ1) is 10.2. The van der Waals surface area contributed by atoms with E-state index in [0.717, 1.165) is 37.9 Å². The topological polar surface area (TPSA) is 75.8 Å². The summed E-state index contributed by atoms with van der Waals surface area (Å²) in [5.41, 5.74) is 6.37. The predicted molar refractivity (Wildman–Crippen MR) is 81.0 cm³/mol. The molecule has 0 saturated carbocycles. The number of carbonyl (C=O) groups excluding carboxylic acids is 1. The molecule has 0 atom stereocenters. The molecule has 1 aromatic carbocycles. The highest BCUT2D eigenvalue weighted by Gasteiger charge is 2.23. The first kappa shape index (κ1) is 15.8. The summed E-state index contributed by atoms with van der Waals surface area (Å²) in [6.07, 6.45) is 3.32. The fraction of sp³-hybridized carbons (Fsp3) is 0.562. The molecule has 0 unspecified atom stereocenters. The molecule has 5 heteroatoms. The lowest BCUT2D eigenvalue weighted by Gasteiger charge is -2.32. The maximum atomic E-state index is 12.2. The lowest BCUT2D eigenvalue weighted by Crippen LogP contribution is -2.41. The Morgan fingerprint density at radius 2 is 1.95 bits per heavy atom. The van der Waals surface area contributed by atoms with Crippen molar-refractivity contribution in [3.05, 3.63) is 29.8 Å². The van der Waals surface area contributed by atoms with Gasteiger partial charge in [-0.2, -0.15) is 0 Å². The van der Waals surface area contributed by atoms with Crippen LogP contribution in [0.1, 0.15) is 24.8 Å². The van der Waals surface area contributed by atoms with Gasteiger partial charge in [0.25, 0.3) is 0 Å². The zero-order valence-corrected chi connectivity index (χ0v) is 12.3. The summed E-state index contributed by atoms with van der Waals surface area (Å²) in [5.74, 6) is 0.364. The number of aromatic hydroxyl groups is 1. The van der Waals surface area contributed by atoms with Crippen LogP contribution in [0.5, 0.6) is 5.75 Å². The second kappa shape index (κ2) is 8.00. The van der Waals surface area contributed by atoms with Gasteiger partial charge in [-0.05, 0) is 43.5 Å². The number of carbonyl (C=O) groups is 1. The molecule has 1 aliphatic rings. The average Bonchev–Trinajstić information content (AvgIpc) is 2.50. The van der Waals surface area contributed by atoms with Crippen LogP contribution in [0.4, 0.5) is 0 Å². The Hall–Kier alpha value is -1.59. The summed E-state index contributed by atoms with van der Waals surface area (Å²) < 4.78 is 5.74. The van der Waals surface area contributed by atoms with Crippen LogP contribution in [0, 0.1) is 0 Å². The average molecular weight is 292 g/mol. The molecule has 2 rings (SSSR count). The summed E-state index contributed by atoms with van der Waals surface area (Å²) in [5, 5.41) is 9.24. The number of piperidine rings is 1. The third-order valence-electron chi connectivity index (χ3n) is 3.79. The molecule has 1 heterocycles. The normalized spacial score (nSPS) is 16.1. The van der Waals surface area contributed by atoms with Gasteiger partial charge >= 0.3 is 0 Å². The SMILES string of the molecule is NCCCOC1CCN(C(=O)Cc2ccc(O)cc2)CC1. The first-order valence-corrected chi connectivity index (χ1v) is 7.56. The largest absolute Gasteiger partial charge is 0.508 e. The number of rotatable bonds is 6. The molecule has 1 aliphatic heterocycles. The zero-order chi connectivity index (χ0) is 15.1. The van der Waals surface area contributed by atoms with Crippen molar-refractivity contribution < 1.29 is 14.6 Å². The summed E-state index contributed by atoms with van der Waals surface area (Å²) in [7, 11) is 0. The monoisotopic (exact) mass is 292 g/mol. The van der Waals surface area contributed by atoms with E-state index in [2.05, 4.69) is 0 Å². The maximum Gasteiger partial charge on any atom is 0.226 e. The Labute approximate surface area is 125 Å². The van der Waals surface area contributed by atoms with Crippen molar-refractivity contribution in [2.24, 2.45) is 5.73 Å². The summed E-state index contributed by atoms with van der Waals surface area (Å²) in [6.45, 7) is 2.88. The lowest BCUT2D eigenvalue weighted by atomic mass is 10.1. The highest BCUT2D eigenvalue weighted by molar-refractivity contribution is 5.78. The molecule has 5 nitrogen and oxygen atoms in total. The Kier molecular flexibility index (Phi) is 6.02. The number of hydrogen-bond donors (Lipinski definition) is 2.